The fraction of sp³-hybridized carbons (Fsp3) is 0. The molecule has 0 radical (unpaired) electrons. The van der Waals surface area contributed by atoms with Crippen molar-refractivity contribution in [3.05, 3.63) is 63.3 Å². The fourth-order valence-corrected chi connectivity index (χ4v) is 2.91. The predicted octanol–water partition coefficient (Wildman–Crippen LogP) is 5.26. The molecule has 25 heavy (non-hydrogen) atoms. The highest BCUT2D eigenvalue weighted by Crippen LogP contribution is 2.32. The molecule has 0 fully saturated rings. The van der Waals surface area contributed by atoms with Gasteiger partial charge in [0.15, 0.2) is 5.13 Å². The van der Waals surface area contributed by atoms with Crippen molar-refractivity contribution in [1.29, 1.82) is 5.26 Å². The molecule has 1 aromatic carbocycles. The van der Waals surface area contributed by atoms with Gasteiger partial charge in [0.1, 0.15) is 23.2 Å². The summed E-state index contributed by atoms with van der Waals surface area (Å²) >= 11 is 13.4. The third-order valence-electron chi connectivity index (χ3n) is 3.13. The number of halogens is 2. The van der Waals surface area contributed by atoms with Crippen LogP contribution in [0.1, 0.15) is 5.76 Å². The first-order chi connectivity index (χ1) is 12.1. The van der Waals surface area contributed by atoms with Gasteiger partial charge in [0.25, 0.3) is 5.91 Å². The molecule has 2 aromatic heterocycles. The molecule has 3 rings (SSSR count). The molecular weight excluding hydrogens is 381 g/mol. The Morgan fingerprint density at radius 2 is 2.16 bits per heavy atom. The van der Waals surface area contributed by atoms with Crippen LogP contribution >= 0.6 is 34.5 Å². The van der Waals surface area contributed by atoms with E-state index in [1.165, 1.54) is 17.4 Å². The first kappa shape index (κ1) is 17.2. The zero-order valence-corrected chi connectivity index (χ0v) is 14.8. The molecule has 5 nitrogen and oxygen atoms in total. The summed E-state index contributed by atoms with van der Waals surface area (Å²) in [6.07, 6.45) is 2.91. The molecule has 0 spiro atoms. The summed E-state index contributed by atoms with van der Waals surface area (Å²) in [7, 11) is 0. The number of thiazole rings is 1. The first-order valence-corrected chi connectivity index (χ1v) is 8.58. The van der Waals surface area contributed by atoms with Gasteiger partial charge in [0.2, 0.25) is 0 Å². The molecule has 0 saturated heterocycles. The molecule has 124 valence electrons. The van der Waals surface area contributed by atoms with Crippen molar-refractivity contribution in [2.45, 2.75) is 0 Å². The zero-order valence-electron chi connectivity index (χ0n) is 12.5. The second-order valence-electron chi connectivity index (χ2n) is 4.79. The monoisotopic (exact) mass is 389 g/mol. The number of carbonyl (C=O) groups excluding carboxylic acids is 1. The summed E-state index contributed by atoms with van der Waals surface area (Å²) in [5, 5.41) is 14.9. The van der Waals surface area contributed by atoms with E-state index in [2.05, 4.69) is 10.3 Å². The molecule has 0 aliphatic rings. The molecule has 0 atom stereocenters. The first-order valence-electron chi connectivity index (χ1n) is 6.94. The number of furan rings is 1. The molecule has 1 amide bonds. The summed E-state index contributed by atoms with van der Waals surface area (Å²) in [5.41, 5.74) is 0.521. The van der Waals surface area contributed by atoms with Crippen LogP contribution in [0, 0.1) is 11.3 Å². The quantitative estimate of drug-likeness (QED) is 0.487. The summed E-state index contributed by atoms with van der Waals surface area (Å²) in [5.74, 6) is 0.268. The van der Waals surface area contributed by atoms with Gasteiger partial charge in [-0.2, -0.15) is 5.26 Å². The van der Waals surface area contributed by atoms with E-state index in [9.17, 15) is 10.1 Å². The fourth-order valence-electron chi connectivity index (χ4n) is 2.00. The average molecular weight is 390 g/mol. The molecule has 1 N–H and O–H groups in total. The Morgan fingerprint density at radius 1 is 1.32 bits per heavy atom. The van der Waals surface area contributed by atoms with Crippen molar-refractivity contribution in [3.63, 3.8) is 0 Å². The van der Waals surface area contributed by atoms with E-state index >= 15 is 0 Å². The number of nitrogens with one attached hydrogen (secondary N) is 1. The number of carbonyl (C=O) groups is 1. The van der Waals surface area contributed by atoms with E-state index in [-0.39, 0.29) is 5.57 Å². The second-order valence-corrected chi connectivity index (χ2v) is 6.53. The number of amides is 1. The lowest BCUT2D eigenvalue weighted by molar-refractivity contribution is -0.112. The van der Waals surface area contributed by atoms with Gasteiger partial charge in [-0.3, -0.25) is 10.1 Å². The largest absolute Gasteiger partial charge is 0.457 e. The van der Waals surface area contributed by atoms with Crippen LogP contribution in [0.5, 0.6) is 0 Å². The second kappa shape index (κ2) is 7.53. The van der Waals surface area contributed by atoms with E-state index in [4.69, 9.17) is 27.6 Å². The van der Waals surface area contributed by atoms with Crippen LogP contribution in [0.3, 0.4) is 0 Å². The predicted molar refractivity (Wildman–Crippen MR) is 98.5 cm³/mol. The van der Waals surface area contributed by atoms with Crippen LogP contribution in [0.25, 0.3) is 17.4 Å². The number of benzene rings is 1. The van der Waals surface area contributed by atoms with Gasteiger partial charge in [0.05, 0.1) is 5.02 Å². The lowest BCUT2D eigenvalue weighted by Gasteiger charge is -2.01. The van der Waals surface area contributed by atoms with Crippen molar-refractivity contribution in [3.8, 4) is 17.4 Å². The highest BCUT2D eigenvalue weighted by molar-refractivity contribution is 7.13. The third-order valence-corrected chi connectivity index (χ3v) is 4.38. The van der Waals surface area contributed by atoms with E-state index < -0.39 is 5.91 Å². The van der Waals surface area contributed by atoms with Crippen molar-refractivity contribution in [2.24, 2.45) is 0 Å². The molecule has 3 aromatic rings. The van der Waals surface area contributed by atoms with Crippen LogP contribution in [0.15, 0.2) is 51.9 Å². The minimum Gasteiger partial charge on any atom is -0.457 e. The topological polar surface area (TPSA) is 78.9 Å². The van der Waals surface area contributed by atoms with Crippen LogP contribution in [0.2, 0.25) is 10.0 Å². The maximum atomic E-state index is 12.1. The molecule has 0 aliphatic heterocycles. The Bertz CT molecular complexity index is 988. The molecule has 2 heterocycles. The molecular formula is C17H9Cl2N3O2S. The Labute approximate surface area is 157 Å². The number of hydrogen-bond donors (Lipinski definition) is 1. The third kappa shape index (κ3) is 4.09. The normalized spacial score (nSPS) is 11.2. The Hall–Kier alpha value is -2.59. The minimum absolute atomic E-state index is 0.103. The van der Waals surface area contributed by atoms with Gasteiger partial charge >= 0.3 is 0 Å². The van der Waals surface area contributed by atoms with Crippen molar-refractivity contribution in [1.82, 2.24) is 4.98 Å². The SMILES string of the molecule is N#C/C(=C\c1ccc(-c2cc(Cl)ccc2Cl)o1)C(=O)Nc1nccs1. The van der Waals surface area contributed by atoms with Crippen molar-refractivity contribution in [2.75, 3.05) is 5.32 Å². The van der Waals surface area contributed by atoms with Crippen LogP contribution in [-0.2, 0) is 4.79 Å². The number of nitriles is 1. The zero-order chi connectivity index (χ0) is 17.8. The van der Waals surface area contributed by atoms with Crippen LogP contribution < -0.4 is 5.32 Å². The van der Waals surface area contributed by atoms with Crippen LogP contribution in [-0.4, -0.2) is 10.9 Å². The highest BCUT2D eigenvalue weighted by Gasteiger charge is 2.13. The lowest BCUT2D eigenvalue weighted by Crippen LogP contribution is -2.13. The number of rotatable bonds is 4. The Balaban J connectivity index is 1.85. The van der Waals surface area contributed by atoms with Crippen LogP contribution in [0.4, 0.5) is 5.13 Å². The number of hydrogen-bond acceptors (Lipinski definition) is 5. The van der Waals surface area contributed by atoms with E-state index in [0.29, 0.717) is 32.3 Å². The summed E-state index contributed by atoms with van der Waals surface area (Å²) < 4.78 is 5.66. The van der Waals surface area contributed by atoms with Gasteiger partial charge in [-0.15, -0.1) is 11.3 Å². The lowest BCUT2D eigenvalue weighted by atomic mass is 10.2. The average Bonchev–Trinajstić information content (AvgIpc) is 3.26. The standard InChI is InChI=1S/C17H9Cl2N3O2S/c18-11-1-3-14(19)13(8-11)15-4-2-12(24-15)7-10(9-20)16(23)22-17-21-5-6-25-17/h1-8H,(H,21,22,23)/b10-7+. The maximum absolute atomic E-state index is 12.1. The summed E-state index contributed by atoms with van der Waals surface area (Å²) in [4.78, 5) is 16.0. The Morgan fingerprint density at radius 3 is 2.88 bits per heavy atom. The maximum Gasteiger partial charge on any atom is 0.268 e. The molecule has 0 aliphatic carbocycles. The van der Waals surface area contributed by atoms with E-state index in [1.54, 1.807) is 41.9 Å². The molecule has 8 heteroatoms. The highest BCUT2D eigenvalue weighted by atomic mass is 35.5. The number of aromatic nitrogens is 1. The Kier molecular flexibility index (Phi) is 5.19. The summed E-state index contributed by atoms with van der Waals surface area (Å²) in [6.45, 7) is 0. The van der Waals surface area contributed by atoms with Gasteiger partial charge in [-0.25, -0.2) is 4.98 Å². The van der Waals surface area contributed by atoms with E-state index in [0.717, 1.165) is 0 Å². The van der Waals surface area contributed by atoms with E-state index in [1.807, 2.05) is 6.07 Å². The number of anilines is 1. The summed E-state index contributed by atoms with van der Waals surface area (Å²) in [6, 6.07) is 10.2. The van der Waals surface area contributed by atoms with Gasteiger partial charge < -0.3 is 4.42 Å². The molecule has 0 bridgehead atoms. The van der Waals surface area contributed by atoms with Gasteiger partial charge in [0, 0.05) is 28.2 Å². The van der Waals surface area contributed by atoms with Crippen molar-refractivity contribution < 1.29 is 9.21 Å². The molecule has 0 unspecified atom stereocenters. The van der Waals surface area contributed by atoms with Gasteiger partial charge in [-0.05, 0) is 30.3 Å². The van der Waals surface area contributed by atoms with Crippen molar-refractivity contribution >= 4 is 51.7 Å². The smallest absolute Gasteiger partial charge is 0.268 e. The molecule has 0 saturated carbocycles. The van der Waals surface area contributed by atoms with Gasteiger partial charge in [-0.1, -0.05) is 23.2 Å². The number of nitrogens with zero attached hydrogens (tertiary/aromatic N) is 2. The minimum atomic E-state index is -0.559.